The Morgan fingerprint density at radius 3 is 2.81 bits per heavy atom. The molecule has 7 nitrogen and oxygen atoms in total. The Kier molecular flexibility index (Phi) is 5.92. The number of aromatic nitrogens is 2. The van der Waals surface area contributed by atoms with Gasteiger partial charge in [0.25, 0.3) is 11.8 Å². The van der Waals surface area contributed by atoms with E-state index in [-0.39, 0.29) is 11.8 Å². The molecule has 3 aromatic rings. The van der Waals surface area contributed by atoms with Crippen LogP contribution in [-0.4, -0.2) is 35.7 Å². The van der Waals surface area contributed by atoms with Crippen molar-refractivity contribution in [3.63, 3.8) is 0 Å². The summed E-state index contributed by atoms with van der Waals surface area (Å²) in [7, 11) is 1.56. The van der Waals surface area contributed by atoms with Crippen LogP contribution in [0.25, 0.3) is 0 Å². The van der Waals surface area contributed by atoms with Crippen LogP contribution >= 0.6 is 22.7 Å². The average molecular weight is 388 g/mol. The Morgan fingerprint density at radius 1 is 1.15 bits per heavy atom. The van der Waals surface area contributed by atoms with Crippen LogP contribution in [0.2, 0.25) is 0 Å². The van der Waals surface area contributed by atoms with Crippen molar-refractivity contribution in [2.45, 2.75) is 6.42 Å². The molecule has 2 N–H and O–H groups in total. The number of anilines is 1. The second kappa shape index (κ2) is 8.54. The molecule has 2 aromatic heterocycles. The molecule has 0 saturated heterocycles. The van der Waals surface area contributed by atoms with Crippen LogP contribution in [0.15, 0.2) is 41.8 Å². The average Bonchev–Trinajstić information content (AvgIpc) is 3.34. The van der Waals surface area contributed by atoms with E-state index in [4.69, 9.17) is 4.74 Å². The second-order valence-corrected chi connectivity index (χ2v) is 7.18. The molecular weight excluding hydrogens is 372 g/mol. The fourth-order valence-corrected chi connectivity index (χ4v) is 3.47. The number of benzene rings is 1. The highest BCUT2D eigenvalue weighted by Gasteiger charge is 2.11. The molecular formula is C17H16N4O3S2. The number of thiophene rings is 1. The van der Waals surface area contributed by atoms with E-state index in [2.05, 4.69) is 20.8 Å². The first-order valence-corrected chi connectivity index (χ1v) is 9.45. The van der Waals surface area contributed by atoms with Gasteiger partial charge in [0.2, 0.25) is 5.13 Å². The zero-order chi connectivity index (χ0) is 18.4. The van der Waals surface area contributed by atoms with Crippen molar-refractivity contribution in [1.29, 1.82) is 0 Å². The van der Waals surface area contributed by atoms with Crippen LogP contribution in [0.1, 0.15) is 25.0 Å². The lowest BCUT2D eigenvalue weighted by molar-refractivity contribution is 0.0953. The van der Waals surface area contributed by atoms with Gasteiger partial charge >= 0.3 is 0 Å². The minimum absolute atomic E-state index is 0.181. The summed E-state index contributed by atoms with van der Waals surface area (Å²) < 4.78 is 5.11. The van der Waals surface area contributed by atoms with Gasteiger partial charge in [-0.05, 0) is 29.6 Å². The van der Waals surface area contributed by atoms with Gasteiger partial charge in [0.05, 0.1) is 12.0 Å². The number of nitrogens with one attached hydrogen (secondary N) is 2. The molecule has 1 aromatic carbocycles. The fourth-order valence-electron chi connectivity index (χ4n) is 2.12. The van der Waals surface area contributed by atoms with E-state index in [0.717, 1.165) is 5.01 Å². The predicted molar refractivity (Wildman–Crippen MR) is 101 cm³/mol. The number of rotatable bonds is 7. The van der Waals surface area contributed by atoms with Gasteiger partial charge in [0.1, 0.15) is 10.8 Å². The molecule has 0 atom stereocenters. The molecule has 0 aliphatic carbocycles. The van der Waals surface area contributed by atoms with E-state index in [1.54, 1.807) is 37.4 Å². The van der Waals surface area contributed by atoms with E-state index < -0.39 is 0 Å². The summed E-state index contributed by atoms with van der Waals surface area (Å²) in [6.07, 6.45) is 0.530. The molecule has 0 bridgehead atoms. The topological polar surface area (TPSA) is 93.2 Å². The number of carbonyl (C=O) groups is 2. The van der Waals surface area contributed by atoms with Crippen molar-refractivity contribution >= 4 is 39.6 Å². The van der Waals surface area contributed by atoms with Crippen LogP contribution in [0.5, 0.6) is 5.75 Å². The third-order valence-electron chi connectivity index (χ3n) is 3.39. The first-order chi connectivity index (χ1) is 12.7. The van der Waals surface area contributed by atoms with Crippen molar-refractivity contribution in [3.05, 3.63) is 57.2 Å². The Bertz CT molecular complexity index is 893. The molecule has 0 aliphatic rings. The number of carbonyl (C=O) groups excluding carboxylic acids is 2. The lowest BCUT2D eigenvalue weighted by Gasteiger charge is -2.05. The van der Waals surface area contributed by atoms with E-state index in [1.807, 2.05) is 11.4 Å². The second-order valence-electron chi connectivity index (χ2n) is 5.17. The van der Waals surface area contributed by atoms with Crippen LogP contribution in [-0.2, 0) is 6.42 Å². The van der Waals surface area contributed by atoms with Gasteiger partial charge < -0.3 is 10.1 Å². The van der Waals surface area contributed by atoms with Crippen molar-refractivity contribution < 1.29 is 14.3 Å². The van der Waals surface area contributed by atoms with Gasteiger partial charge in [-0.2, -0.15) is 0 Å². The Hall–Kier alpha value is -2.78. The molecule has 0 fully saturated rings. The largest absolute Gasteiger partial charge is 0.497 e. The third kappa shape index (κ3) is 4.64. The normalized spacial score (nSPS) is 10.3. The van der Waals surface area contributed by atoms with Crippen molar-refractivity contribution in [3.8, 4) is 5.75 Å². The van der Waals surface area contributed by atoms with Crippen molar-refractivity contribution in [2.75, 3.05) is 19.0 Å². The summed E-state index contributed by atoms with van der Waals surface area (Å²) in [4.78, 5) is 24.7. The summed E-state index contributed by atoms with van der Waals surface area (Å²) in [5.74, 6) is 0.251. The molecule has 2 amide bonds. The first-order valence-electron chi connectivity index (χ1n) is 7.75. The molecule has 9 heteroatoms. The summed E-state index contributed by atoms with van der Waals surface area (Å²) in [6.45, 7) is 0.420. The van der Waals surface area contributed by atoms with E-state index in [9.17, 15) is 9.59 Å². The summed E-state index contributed by atoms with van der Waals surface area (Å²) in [5.41, 5.74) is 0.533. The van der Waals surface area contributed by atoms with Crippen molar-refractivity contribution in [2.24, 2.45) is 0 Å². The molecule has 2 heterocycles. The molecule has 0 aliphatic heterocycles. The Balaban J connectivity index is 1.48. The number of hydrogen-bond acceptors (Lipinski definition) is 7. The standard InChI is InChI=1S/C17H16N4O3S2/c1-24-12-5-2-4-11(10-12)15(22)18-8-7-14-20-21-17(26-14)19-16(23)13-6-3-9-25-13/h2-6,9-10H,7-8H2,1H3,(H,18,22)(H,19,21,23). The number of nitrogens with zero attached hydrogens (tertiary/aromatic N) is 2. The van der Waals surface area contributed by atoms with Crippen LogP contribution < -0.4 is 15.4 Å². The number of methoxy groups -OCH3 is 1. The number of amides is 2. The third-order valence-corrected chi connectivity index (χ3v) is 5.16. The molecule has 0 spiro atoms. The minimum atomic E-state index is -0.200. The maximum absolute atomic E-state index is 12.1. The highest BCUT2D eigenvalue weighted by Crippen LogP contribution is 2.18. The highest BCUT2D eigenvalue weighted by atomic mass is 32.1. The van der Waals surface area contributed by atoms with Crippen LogP contribution in [0.3, 0.4) is 0 Å². The lowest BCUT2D eigenvalue weighted by atomic mass is 10.2. The van der Waals surface area contributed by atoms with Crippen LogP contribution in [0, 0.1) is 0 Å². The van der Waals surface area contributed by atoms with Gasteiger partial charge in [-0.25, -0.2) is 0 Å². The SMILES string of the molecule is COc1cccc(C(=O)NCCc2nnc(NC(=O)c3cccs3)s2)c1. The van der Waals surface area contributed by atoms with Gasteiger partial charge in [0, 0.05) is 18.5 Å². The molecule has 26 heavy (non-hydrogen) atoms. The van der Waals surface area contributed by atoms with E-state index >= 15 is 0 Å². The minimum Gasteiger partial charge on any atom is -0.497 e. The van der Waals surface area contributed by atoms with Crippen LogP contribution in [0.4, 0.5) is 5.13 Å². The predicted octanol–water partition coefficient (Wildman–Crippen LogP) is 2.83. The quantitative estimate of drug-likeness (QED) is 0.649. The van der Waals surface area contributed by atoms with Crippen molar-refractivity contribution in [1.82, 2.24) is 15.5 Å². The van der Waals surface area contributed by atoms with E-state index in [0.29, 0.717) is 34.3 Å². The molecule has 0 unspecified atom stereocenters. The molecule has 0 radical (unpaired) electrons. The number of ether oxygens (including phenoxy) is 1. The Labute approximate surface area is 158 Å². The Morgan fingerprint density at radius 2 is 2.04 bits per heavy atom. The van der Waals surface area contributed by atoms with Gasteiger partial charge in [-0.15, -0.1) is 21.5 Å². The summed E-state index contributed by atoms with van der Waals surface area (Å²) >= 11 is 2.65. The lowest BCUT2D eigenvalue weighted by Crippen LogP contribution is -2.25. The van der Waals surface area contributed by atoms with E-state index in [1.165, 1.54) is 22.7 Å². The maximum Gasteiger partial charge on any atom is 0.267 e. The monoisotopic (exact) mass is 388 g/mol. The molecule has 3 rings (SSSR count). The van der Waals surface area contributed by atoms with Gasteiger partial charge in [0.15, 0.2) is 0 Å². The molecule has 134 valence electrons. The smallest absolute Gasteiger partial charge is 0.267 e. The zero-order valence-electron chi connectivity index (χ0n) is 13.9. The summed E-state index contributed by atoms with van der Waals surface area (Å²) in [6, 6.07) is 10.5. The number of hydrogen-bond donors (Lipinski definition) is 2. The zero-order valence-corrected chi connectivity index (χ0v) is 15.5. The maximum atomic E-state index is 12.1. The first kappa shape index (κ1) is 18.0. The van der Waals surface area contributed by atoms with Gasteiger partial charge in [-0.1, -0.05) is 23.5 Å². The summed E-state index contributed by atoms with van der Waals surface area (Å²) in [5, 5.41) is 16.6. The highest BCUT2D eigenvalue weighted by molar-refractivity contribution is 7.15. The van der Waals surface area contributed by atoms with Gasteiger partial charge in [-0.3, -0.25) is 14.9 Å². The molecule has 0 saturated carbocycles. The fraction of sp³-hybridized carbons (Fsp3) is 0.176.